The molecule has 4 nitrogen and oxygen atoms in total. The lowest BCUT2D eigenvalue weighted by molar-refractivity contribution is -0.0176. The van der Waals surface area contributed by atoms with Gasteiger partial charge in [-0.25, -0.2) is 18.0 Å². The first kappa shape index (κ1) is 17.1. The van der Waals surface area contributed by atoms with E-state index in [9.17, 15) is 18.0 Å². The molecular weight excluding hydrogens is 335 g/mol. The van der Waals surface area contributed by atoms with Crippen molar-refractivity contribution in [3.63, 3.8) is 0 Å². The van der Waals surface area contributed by atoms with Gasteiger partial charge in [-0.15, -0.1) is 0 Å². The predicted molar refractivity (Wildman–Crippen MR) is 84.4 cm³/mol. The minimum Gasteiger partial charge on any atom is -0.492 e. The van der Waals surface area contributed by atoms with Crippen molar-refractivity contribution in [3.8, 4) is 16.9 Å². The molecule has 1 aliphatic rings. The fourth-order valence-electron chi connectivity index (χ4n) is 2.89. The molecular formula is C18H16F3NO3. The van der Waals surface area contributed by atoms with Crippen LogP contribution in [0.2, 0.25) is 0 Å². The number of carbonyl (C=O) groups is 1. The monoisotopic (exact) mass is 351 g/mol. The number of ether oxygens (including phenoxy) is 2. The van der Waals surface area contributed by atoms with Crippen molar-refractivity contribution in [2.24, 2.45) is 11.1 Å². The van der Waals surface area contributed by atoms with Crippen molar-refractivity contribution < 1.29 is 27.4 Å². The summed E-state index contributed by atoms with van der Waals surface area (Å²) in [7, 11) is 0. The number of nitrogens with two attached hydrogens (primary N) is 1. The zero-order valence-electron chi connectivity index (χ0n) is 13.6. The highest BCUT2D eigenvalue weighted by molar-refractivity contribution is 5.68. The first-order valence-corrected chi connectivity index (χ1v) is 7.57. The predicted octanol–water partition coefficient (Wildman–Crippen LogP) is 4.33. The SMILES string of the molecule is CC1(C)COc2cc(-c3ccc(F)c(F)c3F)ccc2C1OC(N)=O. The van der Waals surface area contributed by atoms with Gasteiger partial charge in [0.25, 0.3) is 0 Å². The Hall–Kier alpha value is -2.70. The quantitative estimate of drug-likeness (QED) is 0.820. The van der Waals surface area contributed by atoms with Crippen LogP contribution >= 0.6 is 0 Å². The highest BCUT2D eigenvalue weighted by atomic mass is 19.2. The highest BCUT2D eigenvalue weighted by Gasteiger charge is 2.40. The minimum atomic E-state index is -1.53. The lowest BCUT2D eigenvalue weighted by Gasteiger charge is -2.38. The largest absolute Gasteiger partial charge is 0.492 e. The minimum absolute atomic E-state index is 0.0949. The molecule has 3 rings (SSSR count). The molecule has 0 saturated carbocycles. The number of hydrogen-bond acceptors (Lipinski definition) is 3. The number of rotatable bonds is 2. The van der Waals surface area contributed by atoms with Gasteiger partial charge in [0.2, 0.25) is 0 Å². The molecule has 1 amide bonds. The molecule has 0 saturated heterocycles. The zero-order chi connectivity index (χ0) is 18.4. The Morgan fingerprint density at radius 2 is 1.92 bits per heavy atom. The van der Waals surface area contributed by atoms with Gasteiger partial charge >= 0.3 is 6.09 Å². The van der Waals surface area contributed by atoms with Gasteiger partial charge in [-0.2, -0.15) is 0 Å². The summed E-state index contributed by atoms with van der Waals surface area (Å²) in [6, 6.07) is 6.63. The van der Waals surface area contributed by atoms with Crippen molar-refractivity contribution in [2.45, 2.75) is 20.0 Å². The van der Waals surface area contributed by atoms with E-state index in [1.807, 2.05) is 13.8 Å². The Balaban J connectivity index is 2.06. The van der Waals surface area contributed by atoms with Crippen LogP contribution in [-0.2, 0) is 4.74 Å². The van der Waals surface area contributed by atoms with E-state index in [1.165, 1.54) is 12.1 Å². The van der Waals surface area contributed by atoms with E-state index in [4.69, 9.17) is 15.2 Å². The lowest BCUT2D eigenvalue weighted by atomic mass is 9.80. The Morgan fingerprint density at radius 1 is 1.20 bits per heavy atom. The summed E-state index contributed by atoms with van der Waals surface area (Å²) in [5.74, 6) is -3.70. The van der Waals surface area contributed by atoms with E-state index in [-0.39, 0.29) is 12.2 Å². The molecule has 1 aliphatic heterocycles. The summed E-state index contributed by atoms with van der Waals surface area (Å²) in [6.07, 6.45) is -1.56. The Kier molecular flexibility index (Phi) is 4.10. The van der Waals surface area contributed by atoms with Crippen LogP contribution in [0.15, 0.2) is 30.3 Å². The number of hydrogen-bond donors (Lipinski definition) is 1. The van der Waals surface area contributed by atoms with Gasteiger partial charge in [-0.05, 0) is 23.8 Å². The number of halogens is 3. The summed E-state index contributed by atoms with van der Waals surface area (Å²) >= 11 is 0. The average molecular weight is 351 g/mol. The van der Waals surface area contributed by atoms with Crippen LogP contribution in [0.4, 0.5) is 18.0 Å². The van der Waals surface area contributed by atoms with Crippen LogP contribution in [0.25, 0.3) is 11.1 Å². The van der Waals surface area contributed by atoms with Crippen LogP contribution in [0.5, 0.6) is 5.75 Å². The molecule has 0 bridgehead atoms. The Morgan fingerprint density at radius 3 is 2.60 bits per heavy atom. The third kappa shape index (κ3) is 3.01. The first-order chi connectivity index (χ1) is 11.7. The zero-order valence-corrected chi connectivity index (χ0v) is 13.6. The number of benzene rings is 2. The first-order valence-electron chi connectivity index (χ1n) is 7.57. The molecule has 2 N–H and O–H groups in total. The van der Waals surface area contributed by atoms with Crippen LogP contribution in [0.3, 0.4) is 0 Å². The van der Waals surface area contributed by atoms with Crippen molar-refractivity contribution in [1.29, 1.82) is 0 Å². The maximum absolute atomic E-state index is 14.0. The smallest absolute Gasteiger partial charge is 0.405 e. The van der Waals surface area contributed by atoms with Crippen LogP contribution < -0.4 is 10.5 Å². The Bertz CT molecular complexity index is 852. The molecule has 1 heterocycles. The maximum Gasteiger partial charge on any atom is 0.405 e. The van der Waals surface area contributed by atoms with Gasteiger partial charge in [0, 0.05) is 16.5 Å². The number of amides is 1. The van der Waals surface area contributed by atoms with E-state index < -0.39 is 35.1 Å². The van der Waals surface area contributed by atoms with Gasteiger partial charge in [0.05, 0.1) is 6.61 Å². The second-order valence-corrected chi connectivity index (χ2v) is 6.57. The number of carbonyl (C=O) groups excluding carboxylic acids is 1. The standard InChI is InChI=1S/C18H16F3NO3/c1-18(2)8-24-13-7-9(3-4-11(13)16(18)25-17(22)23)10-5-6-12(19)15(21)14(10)20/h3-7,16H,8H2,1-2H3,(H2,22,23). The molecule has 7 heteroatoms. The van der Waals surface area contributed by atoms with Gasteiger partial charge in [-0.3, -0.25) is 0 Å². The molecule has 0 aliphatic carbocycles. The van der Waals surface area contributed by atoms with Gasteiger partial charge in [0.1, 0.15) is 11.9 Å². The van der Waals surface area contributed by atoms with Crippen molar-refractivity contribution in [1.82, 2.24) is 0 Å². The molecule has 25 heavy (non-hydrogen) atoms. The molecule has 0 radical (unpaired) electrons. The Labute approximate surface area is 142 Å². The van der Waals surface area contributed by atoms with Crippen LogP contribution in [-0.4, -0.2) is 12.7 Å². The van der Waals surface area contributed by atoms with Gasteiger partial charge < -0.3 is 15.2 Å². The number of fused-ring (bicyclic) bond motifs is 1. The summed E-state index contributed by atoms with van der Waals surface area (Å²) in [6.45, 7) is 3.95. The fourth-order valence-corrected chi connectivity index (χ4v) is 2.89. The van der Waals surface area contributed by atoms with Crippen molar-refractivity contribution in [2.75, 3.05) is 6.61 Å². The second-order valence-electron chi connectivity index (χ2n) is 6.57. The van der Waals surface area contributed by atoms with Gasteiger partial charge in [-0.1, -0.05) is 26.0 Å². The van der Waals surface area contributed by atoms with Crippen molar-refractivity contribution >= 4 is 6.09 Å². The third-order valence-electron chi connectivity index (χ3n) is 4.19. The van der Waals surface area contributed by atoms with Crippen LogP contribution in [0, 0.1) is 22.9 Å². The van der Waals surface area contributed by atoms with E-state index in [0.29, 0.717) is 16.9 Å². The topological polar surface area (TPSA) is 61.6 Å². The van der Waals surface area contributed by atoms with Gasteiger partial charge in [0.15, 0.2) is 17.5 Å². The average Bonchev–Trinajstić information content (AvgIpc) is 2.55. The molecule has 1 unspecified atom stereocenters. The number of primary amides is 1. The lowest BCUT2D eigenvalue weighted by Crippen LogP contribution is -2.37. The fraction of sp³-hybridized carbons (Fsp3) is 0.278. The van der Waals surface area contributed by atoms with E-state index in [0.717, 1.165) is 12.1 Å². The molecule has 0 aromatic heterocycles. The third-order valence-corrected chi connectivity index (χ3v) is 4.19. The van der Waals surface area contributed by atoms with E-state index in [2.05, 4.69) is 0 Å². The molecule has 2 aromatic rings. The molecule has 2 aromatic carbocycles. The van der Waals surface area contributed by atoms with E-state index in [1.54, 1.807) is 6.07 Å². The summed E-state index contributed by atoms with van der Waals surface area (Å²) in [4.78, 5) is 11.2. The normalized spacial score (nSPS) is 18.2. The van der Waals surface area contributed by atoms with Crippen molar-refractivity contribution in [3.05, 3.63) is 53.3 Å². The highest BCUT2D eigenvalue weighted by Crippen LogP contribution is 2.46. The summed E-state index contributed by atoms with van der Waals surface area (Å²) < 4.78 is 51.5. The summed E-state index contributed by atoms with van der Waals surface area (Å²) in [5.41, 5.74) is 5.42. The second kappa shape index (κ2) is 5.98. The molecule has 0 spiro atoms. The molecule has 0 fully saturated rings. The summed E-state index contributed by atoms with van der Waals surface area (Å²) in [5, 5.41) is 0. The molecule has 1 atom stereocenters. The molecule has 132 valence electrons. The van der Waals surface area contributed by atoms with Crippen LogP contribution in [0.1, 0.15) is 25.5 Å². The maximum atomic E-state index is 14.0. The van der Waals surface area contributed by atoms with E-state index >= 15 is 0 Å².